The lowest BCUT2D eigenvalue weighted by Gasteiger charge is -2.01. The van der Waals surface area contributed by atoms with E-state index in [9.17, 15) is 0 Å². The van der Waals surface area contributed by atoms with Gasteiger partial charge in [0.05, 0.1) is 0 Å². The predicted octanol–water partition coefficient (Wildman–Crippen LogP) is 1.83. The van der Waals surface area contributed by atoms with Crippen LogP contribution in [-0.4, -0.2) is 11.0 Å². The molecule has 0 aliphatic heterocycles. The number of thiol groups is 2. The van der Waals surface area contributed by atoms with Crippen molar-refractivity contribution in [2.24, 2.45) is 0 Å². The van der Waals surface area contributed by atoms with Gasteiger partial charge in [-0.25, -0.2) is 0 Å². The van der Waals surface area contributed by atoms with Crippen LogP contribution in [0.1, 0.15) is 12.8 Å². The van der Waals surface area contributed by atoms with Gasteiger partial charge in [-0.05, 0) is 18.6 Å². The molecule has 0 heterocycles. The predicted molar refractivity (Wildman–Crippen MR) is 41.2 cm³/mol. The van der Waals surface area contributed by atoms with Crippen LogP contribution in [0.3, 0.4) is 0 Å². The second-order valence-electron chi connectivity index (χ2n) is 1.45. The van der Waals surface area contributed by atoms with E-state index in [1.807, 2.05) is 0 Å². The highest BCUT2D eigenvalue weighted by atomic mass is 32.1. The Kier molecular flexibility index (Phi) is 5.33. The summed E-state index contributed by atoms with van der Waals surface area (Å²) in [4.78, 5) is 0. The van der Waals surface area contributed by atoms with Gasteiger partial charge in [0.2, 0.25) is 0 Å². The van der Waals surface area contributed by atoms with Gasteiger partial charge in [-0.15, -0.1) is 0 Å². The smallest absolute Gasteiger partial charge is 0.00245 e. The van der Waals surface area contributed by atoms with Crippen molar-refractivity contribution in [2.75, 3.05) is 5.75 Å². The fourth-order valence-electron chi connectivity index (χ4n) is 0.293. The number of hydrogen-bond acceptors (Lipinski definition) is 2. The third-order valence-electron chi connectivity index (χ3n) is 0.796. The second-order valence-corrected chi connectivity index (χ2v) is 2.63. The second kappa shape index (κ2) is 4.85. The van der Waals surface area contributed by atoms with Crippen molar-refractivity contribution in [2.45, 2.75) is 18.1 Å². The van der Waals surface area contributed by atoms with Gasteiger partial charge in [-0.1, -0.05) is 6.92 Å². The zero-order valence-electron chi connectivity index (χ0n) is 4.30. The van der Waals surface area contributed by atoms with Crippen molar-refractivity contribution in [3.8, 4) is 0 Å². The van der Waals surface area contributed by atoms with Crippen molar-refractivity contribution < 1.29 is 0 Å². The molecule has 2 heteroatoms. The Morgan fingerprint density at radius 3 is 2.29 bits per heavy atom. The van der Waals surface area contributed by atoms with E-state index in [0.29, 0.717) is 5.25 Å². The minimum absolute atomic E-state index is 0.456. The van der Waals surface area contributed by atoms with Crippen LogP contribution in [0.15, 0.2) is 0 Å². The largest absolute Gasteiger partial charge is 0.179 e. The highest BCUT2D eigenvalue weighted by Gasteiger charge is 1.94. The van der Waals surface area contributed by atoms with Crippen LogP contribution >= 0.6 is 25.3 Å². The minimum atomic E-state index is 0.456. The molecule has 1 unspecified atom stereocenters. The Labute approximate surface area is 56.5 Å². The molecule has 0 N–H and O–H groups in total. The highest BCUT2D eigenvalue weighted by Crippen LogP contribution is 2.04. The van der Waals surface area contributed by atoms with Crippen LogP contribution in [0.2, 0.25) is 0 Å². The zero-order chi connectivity index (χ0) is 5.70. The normalized spacial score (nSPS) is 14.1. The molecule has 0 spiro atoms. The first-order valence-corrected chi connectivity index (χ1v) is 3.54. The van der Waals surface area contributed by atoms with Crippen LogP contribution < -0.4 is 0 Å². The summed E-state index contributed by atoms with van der Waals surface area (Å²) in [5.74, 6) is 0.920. The van der Waals surface area contributed by atoms with E-state index in [1.165, 1.54) is 0 Å². The summed E-state index contributed by atoms with van der Waals surface area (Å²) in [5, 5.41) is 0.456. The Morgan fingerprint density at radius 1 is 1.57 bits per heavy atom. The molecule has 0 aromatic heterocycles. The quantitative estimate of drug-likeness (QED) is 0.542. The van der Waals surface area contributed by atoms with Gasteiger partial charge in [0, 0.05) is 5.25 Å². The summed E-state index contributed by atoms with van der Waals surface area (Å²) in [6, 6.07) is 0. The lowest BCUT2D eigenvalue weighted by Crippen LogP contribution is -1.95. The van der Waals surface area contributed by atoms with Crippen molar-refractivity contribution in [3.63, 3.8) is 0 Å². The molecule has 1 radical (unpaired) electrons. The molecule has 43 valence electrons. The molecule has 0 fully saturated rings. The molecule has 0 aromatic carbocycles. The lowest BCUT2D eigenvalue weighted by atomic mass is 10.3. The first-order chi connectivity index (χ1) is 3.31. The third kappa shape index (κ3) is 4.56. The van der Waals surface area contributed by atoms with Crippen LogP contribution in [0.25, 0.3) is 0 Å². The van der Waals surface area contributed by atoms with Gasteiger partial charge in [-0.3, -0.25) is 0 Å². The van der Waals surface area contributed by atoms with Crippen molar-refractivity contribution >= 4 is 25.3 Å². The number of hydrogen-bond donors (Lipinski definition) is 2. The Bertz CT molecular complexity index is 37.1. The van der Waals surface area contributed by atoms with E-state index < -0.39 is 0 Å². The molecule has 0 rings (SSSR count). The van der Waals surface area contributed by atoms with Crippen molar-refractivity contribution in [3.05, 3.63) is 6.92 Å². The Hall–Kier alpha value is 0.700. The maximum atomic E-state index is 4.20. The van der Waals surface area contributed by atoms with Gasteiger partial charge in [0.25, 0.3) is 0 Å². The van der Waals surface area contributed by atoms with E-state index in [0.717, 1.165) is 18.6 Å². The van der Waals surface area contributed by atoms with Crippen LogP contribution in [0.4, 0.5) is 0 Å². The Balaban J connectivity index is 2.83. The maximum Gasteiger partial charge on any atom is 0.00245 e. The van der Waals surface area contributed by atoms with E-state index in [1.54, 1.807) is 0 Å². The van der Waals surface area contributed by atoms with E-state index in [2.05, 4.69) is 32.2 Å². The fourth-order valence-corrected chi connectivity index (χ4v) is 0.938. The molecule has 0 saturated heterocycles. The average molecular weight is 135 g/mol. The van der Waals surface area contributed by atoms with Crippen molar-refractivity contribution in [1.82, 2.24) is 0 Å². The fraction of sp³-hybridized carbons (Fsp3) is 0.800. The molecule has 1 atom stereocenters. The lowest BCUT2D eigenvalue weighted by molar-refractivity contribution is 0.851. The summed E-state index contributed by atoms with van der Waals surface area (Å²) < 4.78 is 0. The third-order valence-corrected chi connectivity index (χ3v) is 1.57. The topological polar surface area (TPSA) is 0 Å². The van der Waals surface area contributed by atoms with Crippen molar-refractivity contribution in [1.29, 1.82) is 0 Å². The molecular weight excluding hydrogens is 124 g/mol. The maximum absolute atomic E-state index is 4.20. The summed E-state index contributed by atoms with van der Waals surface area (Å²) in [7, 11) is 0. The molecule has 0 aliphatic carbocycles. The molecule has 7 heavy (non-hydrogen) atoms. The molecular formula is C5H11S2. The minimum Gasteiger partial charge on any atom is -0.179 e. The zero-order valence-corrected chi connectivity index (χ0v) is 6.09. The van der Waals surface area contributed by atoms with Crippen LogP contribution in [-0.2, 0) is 0 Å². The standard InChI is InChI=1S/C5H11S2/c1-2-5(7)3-4-6/h5-7H,1-4H2. The summed E-state index contributed by atoms with van der Waals surface area (Å²) >= 11 is 8.24. The average Bonchev–Trinajstić information content (AvgIpc) is 1.68. The molecule has 0 aliphatic rings. The van der Waals surface area contributed by atoms with Gasteiger partial charge in [0.15, 0.2) is 0 Å². The SMILES string of the molecule is [CH2]CC(S)CCS. The summed E-state index contributed by atoms with van der Waals surface area (Å²) in [5.41, 5.74) is 0. The van der Waals surface area contributed by atoms with Gasteiger partial charge in [0.1, 0.15) is 0 Å². The van der Waals surface area contributed by atoms with Gasteiger partial charge < -0.3 is 0 Å². The first kappa shape index (κ1) is 7.70. The van der Waals surface area contributed by atoms with E-state index in [-0.39, 0.29) is 0 Å². The monoisotopic (exact) mass is 135 g/mol. The Morgan fingerprint density at radius 2 is 2.14 bits per heavy atom. The van der Waals surface area contributed by atoms with E-state index in [4.69, 9.17) is 0 Å². The molecule has 0 aromatic rings. The molecule has 0 bridgehead atoms. The van der Waals surface area contributed by atoms with E-state index >= 15 is 0 Å². The van der Waals surface area contributed by atoms with Gasteiger partial charge in [-0.2, -0.15) is 25.3 Å². The number of rotatable bonds is 3. The van der Waals surface area contributed by atoms with Crippen LogP contribution in [0.5, 0.6) is 0 Å². The van der Waals surface area contributed by atoms with Crippen LogP contribution in [0, 0.1) is 6.92 Å². The molecule has 0 saturated carbocycles. The summed E-state index contributed by atoms with van der Waals surface area (Å²) in [6.07, 6.45) is 1.97. The summed E-state index contributed by atoms with van der Waals surface area (Å²) in [6.45, 7) is 3.69. The van der Waals surface area contributed by atoms with Gasteiger partial charge >= 0.3 is 0 Å². The molecule has 0 amide bonds. The highest BCUT2D eigenvalue weighted by molar-refractivity contribution is 7.81. The first-order valence-electron chi connectivity index (χ1n) is 2.39. The molecule has 0 nitrogen and oxygen atoms in total.